The van der Waals surface area contributed by atoms with Gasteiger partial charge in [0.05, 0.1) is 12.2 Å². The Bertz CT molecular complexity index is 608. The molecule has 0 saturated heterocycles. The summed E-state index contributed by atoms with van der Waals surface area (Å²) >= 11 is 0. The zero-order valence-corrected chi connectivity index (χ0v) is 13.0. The second kappa shape index (κ2) is 7.14. The summed E-state index contributed by atoms with van der Waals surface area (Å²) in [6.45, 7) is 8.06. The molecule has 1 aromatic heterocycles. The van der Waals surface area contributed by atoms with Crippen LogP contribution in [0.4, 0.5) is 0 Å². The van der Waals surface area contributed by atoms with E-state index in [-0.39, 0.29) is 5.78 Å². The van der Waals surface area contributed by atoms with Crippen molar-refractivity contribution in [2.24, 2.45) is 0 Å². The Morgan fingerprint density at radius 1 is 1.19 bits per heavy atom. The highest BCUT2D eigenvalue weighted by molar-refractivity contribution is 5.98. The highest BCUT2D eigenvalue weighted by Gasteiger charge is 2.14. The first kappa shape index (κ1) is 15.4. The van der Waals surface area contributed by atoms with Crippen LogP contribution in [0.1, 0.15) is 34.1 Å². The van der Waals surface area contributed by atoms with Crippen molar-refractivity contribution in [2.45, 2.75) is 27.3 Å². The molecular formula is C18H22N2O. The number of ketones is 1. The lowest BCUT2D eigenvalue weighted by Crippen LogP contribution is -2.30. The molecule has 0 atom stereocenters. The molecule has 1 heterocycles. The van der Waals surface area contributed by atoms with Gasteiger partial charge in [0.2, 0.25) is 0 Å². The van der Waals surface area contributed by atoms with Crippen molar-refractivity contribution in [3.63, 3.8) is 0 Å². The minimum atomic E-state index is 0.172. The van der Waals surface area contributed by atoms with Gasteiger partial charge < -0.3 is 0 Å². The summed E-state index contributed by atoms with van der Waals surface area (Å²) in [5.41, 5.74) is 4.05. The molecule has 3 heteroatoms. The summed E-state index contributed by atoms with van der Waals surface area (Å²) in [6.07, 6.45) is 1.79. The first-order valence-corrected chi connectivity index (χ1v) is 7.33. The van der Waals surface area contributed by atoms with Gasteiger partial charge in [0.25, 0.3) is 0 Å². The average Bonchev–Trinajstić information content (AvgIpc) is 2.47. The second-order valence-corrected chi connectivity index (χ2v) is 5.37. The Hall–Kier alpha value is -2.00. The molecule has 2 rings (SSSR count). The number of hydrogen-bond acceptors (Lipinski definition) is 3. The summed E-state index contributed by atoms with van der Waals surface area (Å²) in [4.78, 5) is 18.9. The van der Waals surface area contributed by atoms with Crippen LogP contribution in [-0.4, -0.2) is 28.8 Å². The lowest BCUT2D eigenvalue weighted by atomic mass is 10.0. The molecule has 0 radical (unpaired) electrons. The topological polar surface area (TPSA) is 33.2 Å². The molecule has 0 amide bonds. The SMILES string of the molecule is CCN(CC(=O)c1ccc(C)cc1C)Cc1ccccn1. The van der Waals surface area contributed by atoms with Gasteiger partial charge in [-0.25, -0.2) is 0 Å². The summed E-state index contributed by atoms with van der Waals surface area (Å²) in [5.74, 6) is 0.172. The van der Waals surface area contributed by atoms with E-state index in [1.54, 1.807) is 6.20 Å². The Balaban J connectivity index is 2.06. The molecule has 0 aliphatic carbocycles. The molecule has 0 saturated carbocycles. The number of carbonyl (C=O) groups excluding carboxylic acids is 1. The Kier molecular flexibility index (Phi) is 5.23. The molecule has 0 bridgehead atoms. The number of rotatable bonds is 6. The number of hydrogen-bond donors (Lipinski definition) is 0. The largest absolute Gasteiger partial charge is 0.293 e. The molecule has 2 aromatic rings. The van der Waals surface area contributed by atoms with Crippen molar-refractivity contribution in [3.05, 3.63) is 65.0 Å². The average molecular weight is 282 g/mol. The molecular weight excluding hydrogens is 260 g/mol. The van der Waals surface area contributed by atoms with Crippen molar-refractivity contribution in [1.82, 2.24) is 9.88 Å². The Labute approximate surface area is 126 Å². The van der Waals surface area contributed by atoms with E-state index in [0.29, 0.717) is 13.1 Å². The van der Waals surface area contributed by atoms with Crippen molar-refractivity contribution in [1.29, 1.82) is 0 Å². The van der Waals surface area contributed by atoms with Gasteiger partial charge in [0, 0.05) is 18.3 Å². The molecule has 0 aliphatic rings. The van der Waals surface area contributed by atoms with Gasteiger partial charge in [0.1, 0.15) is 0 Å². The highest BCUT2D eigenvalue weighted by Crippen LogP contribution is 2.12. The van der Waals surface area contributed by atoms with E-state index < -0.39 is 0 Å². The number of benzene rings is 1. The summed E-state index contributed by atoms with van der Waals surface area (Å²) in [5, 5.41) is 0. The molecule has 0 unspecified atom stereocenters. The van der Waals surface area contributed by atoms with Crippen molar-refractivity contribution in [2.75, 3.05) is 13.1 Å². The zero-order valence-electron chi connectivity index (χ0n) is 13.0. The number of aromatic nitrogens is 1. The standard InChI is InChI=1S/C18H22N2O/c1-4-20(12-16-7-5-6-10-19-16)13-18(21)17-9-8-14(2)11-15(17)3/h5-11H,4,12-13H2,1-3H3. The fraction of sp³-hybridized carbons (Fsp3) is 0.333. The maximum Gasteiger partial charge on any atom is 0.177 e. The van der Waals surface area contributed by atoms with Crippen LogP contribution in [0.25, 0.3) is 0 Å². The molecule has 3 nitrogen and oxygen atoms in total. The van der Waals surface area contributed by atoms with Crippen LogP contribution < -0.4 is 0 Å². The smallest absolute Gasteiger partial charge is 0.177 e. The first-order valence-electron chi connectivity index (χ1n) is 7.33. The number of aryl methyl sites for hydroxylation is 2. The molecule has 0 N–H and O–H groups in total. The van der Waals surface area contributed by atoms with E-state index in [1.807, 2.05) is 44.2 Å². The minimum Gasteiger partial charge on any atom is -0.293 e. The number of carbonyl (C=O) groups is 1. The lowest BCUT2D eigenvalue weighted by molar-refractivity contribution is 0.0928. The third-order valence-electron chi connectivity index (χ3n) is 3.61. The van der Waals surface area contributed by atoms with Gasteiger partial charge >= 0.3 is 0 Å². The van der Waals surface area contributed by atoms with Crippen molar-refractivity contribution < 1.29 is 4.79 Å². The number of pyridine rings is 1. The molecule has 0 fully saturated rings. The number of Topliss-reactive ketones (excluding diaryl/α,β-unsaturated/α-hetero) is 1. The van der Waals surface area contributed by atoms with Crippen molar-refractivity contribution in [3.8, 4) is 0 Å². The summed E-state index contributed by atoms with van der Waals surface area (Å²) in [6, 6.07) is 11.9. The van der Waals surface area contributed by atoms with E-state index in [0.717, 1.165) is 23.4 Å². The van der Waals surface area contributed by atoms with Crippen molar-refractivity contribution >= 4 is 5.78 Å². The predicted octanol–water partition coefficient (Wildman–Crippen LogP) is 3.40. The van der Waals surface area contributed by atoms with E-state index in [2.05, 4.69) is 22.9 Å². The predicted molar refractivity (Wildman–Crippen MR) is 85.4 cm³/mol. The quantitative estimate of drug-likeness (QED) is 0.761. The van der Waals surface area contributed by atoms with Gasteiger partial charge in [-0.1, -0.05) is 36.8 Å². The van der Waals surface area contributed by atoms with E-state index in [9.17, 15) is 4.79 Å². The molecule has 21 heavy (non-hydrogen) atoms. The molecule has 0 spiro atoms. The van der Waals surface area contributed by atoms with Crippen LogP contribution >= 0.6 is 0 Å². The zero-order chi connectivity index (χ0) is 15.2. The van der Waals surface area contributed by atoms with Crippen LogP contribution in [0.15, 0.2) is 42.6 Å². The van der Waals surface area contributed by atoms with Crippen LogP contribution in [0.3, 0.4) is 0 Å². The fourth-order valence-electron chi connectivity index (χ4n) is 2.41. The third kappa shape index (κ3) is 4.23. The van der Waals surface area contributed by atoms with Crippen LogP contribution in [-0.2, 0) is 6.54 Å². The number of likely N-dealkylation sites (N-methyl/N-ethyl adjacent to an activating group) is 1. The lowest BCUT2D eigenvalue weighted by Gasteiger charge is -2.19. The minimum absolute atomic E-state index is 0.172. The van der Waals surface area contributed by atoms with Gasteiger partial charge in [-0.05, 0) is 38.1 Å². The second-order valence-electron chi connectivity index (χ2n) is 5.37. The van der Waals surface area contributed by atoms with Gasteiger partial charge in [-0.3, -0.25) is 14.7 Å². The highest BCUT2D eigenvalue weighted by atomic mass is 16.1. The van der Waals surface area contributed by atoms with Crippen LogP contribution in [0.2, 0.25) is 0 Å². The Morgan fingerprint density at radius 3 is 2.62 bits per heavy atom. The monoisotopic (exact) mass is 282 g/mol. The summed E-state index contributed by atoms with van der Waals surface area (Å²) < 4.78 is 0. The maximum absolute atomic E-state index is 12.5. The Morgan fingerprint density at radius 2 is 2.00 bits per heavy atom. The third-order valence-corrected chi connectivity index (χ3v) is 3.61. The maximum atomic E-state index is 12.5. The molecule has 0 aliphatic heterocycles. The van der Waals surface area contributed by atoms with E-state index in [1.165, 1.54) is 5.56 Å². The van der Waals surface area contributed by atoms with Gasteiger partial charge in [0.15, 0.2) is 5.78 Å². The van der Waals surface area contributed by atoms with Gasteiger partial charge in [-0.15, -0.1) is 0 Å². The number of nitrogens with zero attached hydrogens (tertiary/aromatic N) is 2. The first-order chi connectivity index (χ1) is 10.1. The van der Waals surface area contributed by atoms with E-state index in [4.69, 9.17) is 0 Å². The van der Waals surface area contributed by atoms with Crippen LogP contribution in [0.5, 0.6) is 0 Å². The normalized spacial score (nSPS) is 10.9. The van der Waals surface area contributed by atoms with Gasteiger partial charge in [-0.2, -0.15) is 0 Å². The summed E-state index contributed by atoms with van der Waals surface area (Å²) in [7, 11) is 0. The molecule has 110 valence electrons. The van der Waals surface area contributed by atoms with Crippen LogP contribution in [0, 0.1) is 13.8 Å². The fourth-order valence-corrected chi connectivity index (χ4v) is 2.41. The molecule has 1 aromatic carbocycles. The van der Waals surface area contributed by atoms with E-state index >= 15 is 0 Å².